The highest BCUT2D eigenvalue weighted by Gasteiger charge is 2.25. The van der Waals surface area contributed by atoms with Gasteiger partial charge in [-0.15, -0.1) is 0 Å². The van der Waals surface area contributed by atoms with Crippen molar-refractivity contribution in [2.45, 2.75) is 18.9 Å². The maximum Gasteiger partial charge on any atom is 0.253 e. The van der Waals surface area contributed by atoms with Crippen molar-refractivity contribution >= 4 is 21.8 Å². The average molecular weight is 417 g/mol. The van der Waals surface area contributed by atoms with Gasteiger partial charge in [-0.1, -0.05) is 30.3 Å². The van der Waals surface area contributed by atoms with Crippen LogP contribution < -0.4 is 4.74 Å². The number of likely N-dealkylation sites (N-methyl/N-ethyl adjacent to an activating group) is 1. The van der Waals surface area contributed by atoms with Gasteiger partial charge >= 0.3 is 0 Å². The summed E-state index contributed by atoms with van der Waals surface area (Å²) in [6, 6.07) is 18.0. The zero-order valence-electron chi connectivity index (χ0n) is 15.1. The number of hydrogen-bond acceptors (Lipinski definition) is 3. The second-order valence-corrected chi connectivity index (χ2v) is 7.50. The minimum absolute atomic E-state index is 0.143. The molecule has 1 amide bonds. The normalized spacial score (nSPS) is 15.3. The van der Waals surface area contributed by atoms with Crippen molar-refractivity contribution in [3.8, 4) is 5.75 Å². The lowest BCUT2D eigenvalue weighted by Crippen LogP contribution is -2.46. The van der Waals surface area contributed by atoms with Crippen LogP contribution in [-0.2, 0) is 0 Å². The van der Waals surface area contributed by atoms with E-state index < -0.39 is 0 Å². The Morgan fingerprint density at radius 2 is 1.77 bits per heavy atom. The number of carbonyl (C=O) groups is 1. The standard InChI is InChI=1S/C21H25BrN2O2/c1-23(15-16-26-20-10-6-5-9-19(20)22)18-11-13-24(14-12-18)21(25)17-7-3-2-4-8-17/h2-10,18H,11-16H2,1H3. The number of likely N-dealkylation sites (tertiary alicyclic amines) is 1. The smallest absolute Gasteiger partial charge is 0.253 e. The lowest BCUT2D eigenvalue weighted by Gasteiger charge is -2.36. The van der Waals surface area contributed by atoms with Gasteiger partial charge in [0.2, 0.25) is 0 Å². The molecular weight excluding hydrogens is 392 g/mol. The Kier molecular flexibility index (Phi) is 6.69. The van der Waals surface area contributed by atoms with Gasteiger partial charge in [-0.25, -0.2) is 0 Å². The Bertz CT molecular complexity index is 715. The van der Waals surface area contributed by atoms with Crippen LogP contribution in [0.25, 0.3) is 0 Å². The topological polar surface area (TPSA) is 32.8 Å². The molecule has 0 saturated carbocycles. The summed E-state index contributed by atoms with van der Waals surface area (Å²) >= 11 is 3.50. The highest BCUT2D eigenvalue weighted by molar-refractivity contribution is 9.10. The van der Waals surface area contributed by atoms with Crippen molar-refractivity contribution in [3.63, 3.8) is 0 Å². The van der Waals surface area contributed by atoms with Crippen molar-refractivity contribution in [3.05, 3.63) is 64.6 Å². The van der Waals surface area contributed by atoms with Gasteiger partial charge in [-0.05, 0) is 60.1 Å². The van der Waals surface area contributed by atoms with Crippen LogP contribution in [0.15, 0.2) is 59.1 Å². The first-order valence-electron chi connectivity index (χ1n) is 9.07. The first kappa shape index (κ1) is 18.9. The predicted molar refractivity (Wildman–Crippen MR) is 108 cm³/mol. The third-order valence-electron chi connectivity index (χ3n) is 4.93. The molecule has 1 aliphatic heterocycles. The lowest BCUT2D eigenvalue weighted by atomic mass is 10.0. The number of halogens is 1. The molecule has 4 nitrogen and oxygen atoms in total. The van der Waals surface area contributed by atoms with E-state index in [1.807, 2.05) is 59.5 Å². The van der Waals surface area contributed by atoms with Crippen LogP contribution in [0.3, 0.4) is 0 Å². The Hall–Kier alpha value is -1.85. The minimum Gasteiger partial charge on any atom is -0.491 e. The average Bonchev–Trinajstić information content (AvgIpc) is 2.69. The second kappa shape index (κ2) is 9.19. The lowest BCUT2D eigenvalue weighted by molar-refractivity contribution is 0.0633. The number of amides is 1. The molecular formula is C21H25BrN2O2. The number of ether oxygens (including phenoxy) is 1. The molecule has 2 aromatic carbocycles. The maximum atomic E-state index is 12.5. The van der Waals surface area contributed by atoms with Gasteiger partial charge in [0.1, 0.15) is 12.4 Å². The highest BCUT2D eigenvalue weighted by Crippen LogP contribution is 2.24. The van der Waals surface area contributed by atoms with E-state index in [1.54, 1.807) is 0 Å². The van der Waals surface area contributed by atoms with Crippen molar-refractivity contribution in [1.29, 1.82) is 0 Å². The van der Waals surface area contributed by atoms with E-state index in [1.165, 1.54) is 0 Å². The molecule has 1 fully saturated rings. The molecule has 0 aromatic heterocycles. The zero-order chi connectivity index (χ0) is 18.4. The summed E-state index contributed by atoms with van der Waals surface area (Å²) < 4.78 is 6.84. The number of benzene rings is 2. The maximum absolute atomic E-state index is 12.5. The Balaban J connectivity index is 1.43. The van der Waals surface area contributed by atoms with Crippen molar-refractivity contribution in [1.82, 2.24) is 9.80 Å². The van der Waals surface area contributed by atoms with Crippen molar-refractivity contribution in [2.24, 2.45) is 0 Å². The first-order chi connectivity index (χ1) is 12.6. The minimum atomic E-state index is 0.143. The summed E-state index contributed by atoms with van der Waals surface area (Å²) in [5, 5.41) is 0. The number of piperidine rings is 1. The van der Waals surface area contributed by atoms with Gasteiger partial charge in [-0.3, -0.25) is 9.69 Å². The number of hydrogen-bond donors (Lipinski definition) is 0. The summed E-state index contributed by atoms with van der Waals surface area (Å²) in [4.78, 5) is 16.8. The fraction of sp³-hybridized carbons (Fsp3) is 0.381. The molecule has 2 aromatic rings. The van der Waals surface area contributed by atoms with Gasteiger partial charge in [0.15, 0.2) is 0 Å². The van der Waals surface area contributed by atoms with E-state index in [9.17, 15) is 4.79 Å². The summed E-state index contributed by atoms with van der Waals surface area (Å²) in [6.45, 7) is 3.16. The molecule has 5 heteroatoms. The fourth-order valence-electron chi connectivity index (χ4n) is 3.32. The van der Waals surface area contributed by atoms with E-state index >= 15 is 0 Å². The monoisotopic (exact) mass is 416 g/mol. The largest absolute Gasteiger partial charge is 0.491 e. The zero-order valence-corrected chi connectivity index (χ0v) is 16.7. The van der Waals surface area contributed by atoms with Crippen molar-refractivity contribution in [2.75, 3.05) is 33.3 Å². The van der Waals surface area contributed by atoms with E-state index in [0.29, 0.717) is 12.6 Å². The van der Waals surface area contributed by atoms with Crippen LogP contribution in [-0.4, -0.2) is 55.0 Å². The van der Waals surface area contributed by atoms with Crippen LogP contribution >= 0.6 is 15.9 Å². The van der Waals surface area contributed by atoms with Crippen LogP contribution in [0.5, 0.6) is 5.75 Å². The number of nitrogens with zero attached hydrogens (tertiary/aromatic N) is 2. The van der Waals surface area contributed by atoms with Gasteiger partial charge in [0.05, 0.1) is 4.47 Å². The molecule has 138 valence electrons. The van der Waals surface area contributed by atoms with Crippen LogP contribution in [0.1, 0.15) is 23.2 Å². The number of para-hydroxylation sites is 1. The number of rotatable bonds is 6. The fourth-order valence-corrected chi connectivity index (χ4v) is 3.72. The van der Waals surface area contributed by atoms with Crippen LogP contribution in [0, 0.1) is 0 Å². The van der Waals surface area contributed by atoms with Crippen LogP contribution in [0.4, 0.5) is 0 Å². The number of carbonyl (C=O) groups excluding carboxylic acids is 1. The molecule has 0 aliphatic carbocycles. The Morgan fingerprint density at radius 3 is 2.46 bits per heavy atom. The molecule has 1 heterocycles. The molecule has 1 saturated heterocycles. The second-order valence-electron chi connectivity index (χ2n) is 6.65. The quantitative estimate of drug-likeness (QED) is 0.711. The van der Waals surface area contributed by atoms with E-state index in [0.717, 1.165) is 48.3 Å². The van der Waals surface area contributed by atoms with E-state index in [4.69, 9.17) is 4.74 Å². The molecule has 0 bridgehead atoms. The van der Waals surface area contributed by atoms with Crippen LogP contribution in [0.2, 0.25) is 0 Å². The summed E-state index contributed by atoms with van der Waals surface area (Å²) in [7, 11) is 2.14. The molecule has 0 unspecified atom stereocenters. The van der Waals surface area contributed by atoms with Gasteiger partial charge in [-0.2, -0.15) is 0 Å². The SMILES string of the molecule is CN(CCOc1ccccc1Br)C1CCN(C(=O)c2ccccc2)CC1. The molecule has 0 atom stereocenters. The van der Waals surface area contributed by atoms with E-state index in [-0.39, 0.29) is 5.91 Å². The molecule has 26 heavy (non-hydrogen) atoms. The van der Waals surface area contributed by atoms with Gasteiger partial charge < -0.3 is 9.64 Å². The Morgan fingerprint density at radius 1 is 1.12 bits per heavy atom. The summed E-state index contributed by atoms with van der Waals surface area (Å²) in [6.07, 6.45) is 2.01. The molecule has 3 rings (SSSR count). The van der Waals surface area contributed by atoms with Crippen molar-refractivity contribution < 1.29 is 9.53 Å². The molecule has 0 spiro atoms. The van der Waals surface area contributed by atoms with Gasteiger partial charge in [0.25, 0.3) is 5.91 Å². The third kappa shape index (κ3) is 4.86. The first-order valence-corrected chi connectivity index (χ1v) is 9.86. The molecule has 0 radical (unpaired) electrons. The highest BCUT2D eigenvalue weighted by atomic mass is 79.9. The predicted octanol–water partition coefficient (Wildman–Crippen LogP) is 4.06. The summed E-state index contributed by atoms with van der Waals surface area (Å²) in [5.74, 6) is 1.02. The molecule has 1 aliphatic rings. The Labute approximate surface area is 163 Å². The summed E-state index contributed by atoms with van der Waals surface area (Å²) in [5.41, 5.74) is 0.779. The third-order valence-corrected chi connectivity index (χ3v) is 5.59. The molecule has 0 N–H and O–H groups in total. The van der Waals surface area contributed by atoms with Gasteiger partial charge in [0, 0.05) is 31.2 Å². The van der Waals surface area contributed by atoms with E-state index in [2.05, 4.69) is 27.9 Å².